The summed E-state index contributed by atoms with van der Waals surface area (Å²) >= 11 is 0. The molecule has 0 spiro atoms. The molecule has 1 aliphatic rings. The first-order chi connectivity index (χ1) is 11.0. The third-order valence-corrected chi connectivity index (χ3v) is 6.08. The van der Waals surface area contributed by atoms with Crippen molar-refractivity contribution >= 4 is 10.0 Å². The molecule has 0 aliphatic heterocycles. The van der Waals surface area contributed by atoms with Crippen LogP contribution >= 0.6 is 0 Å². The van der Waals surface area contributed by atoms with Gasteiger partial charge >= 0.3 is 0 Å². The Morgan fingerprint density at radius 1 is 1.30 bits per heavy atom. The normalized spacial score (nSPS) is 17.6. The minimum atomic E-state index is -3.36. The molecule has 0 radical (unpaired) electrons. The van der Waals surface area contributed by atoms with Crippen LogP contribution in [0.25, 0.3) is 0 Å². The second kappa shape index (κ2) is 6.41. The molecule has 1 heterocycles. The number of benzene rings is 1. The van der Waals surface area contributed by atoms with Gasteiger partial charge < -0.3 is 4.52 Å². The van der Waals surface area contributed by atoms with Crippen LogP contribution in [0.2, 0.25) is 0 Å². The second-order valence-corrected chi connectivity index (χ2v) is 8.30. The van der Waals surface area contributed by atoms with Crippen molar-refractivity contribution in [3.63, 3.8) is 0 Å². The van der Waals surface area contributed by atoms with E-state index in [4.69, 9.17) is 4.52 Å². The van der Waals surface area contributed by atoms with Crippen molar-refractivity contribution in [1.82, 2.24) is 14.4 Å². The largest absolute Gasteiger partial charge is 0.339 e. The Bertz CT molecular complexity index is 783. The molecule has 1 aliphatic carbocycles. The number of aromatic nitrogens is 2. The molecule has 23 heavy (non-hydrogen) atoms. The van der Waals surface area contributed by atoms with Crippen molar-refractivity contribution in [2.24, 2.45) is 0 Å². The van der Waals surface area contributed by atoms with Crippen molar-refractivity contribution in [2.45, 2.75) is 37.4 Å². The maximum Gasteiger partial charge on any atom is 0.226 e. The first-order valence-corrected chi connectivity index (χ1v) is 9.36. The Hall–Kier alpha value is -1.73. The molecular weight excluding hydrogens is 314 g/mol. The number of fused-ring (bicyclic) bond motifs is 1. The van der Waals surface area contributed by atoms with Crippen LogP contribution in [0.15, 0.2) is 28.8 Å². The van der Waals surface area contributed by atoms with Crippen LogP contribution in [0.5, 0.6) is 0 Å². The van der Waals surface area contributed by atoms with Gasteiger partial charge in [0.2, 0.25) is 15.9 Å². The highest BCUT2D eigenvalue weighted by atomic mass is 32.2. The summed E-state index contributed by atoms with van der Waals surface area (Å²) in [6, 6.07) is 8.53. The Morgan fingerprint density at radius 3 is 2.87 bits per heavy atom. The van der Waals surface area contributed by atoms with Gasteiger partial charge in [-0.25, -0.2) is 12.7 Å². The quantitative estimate of drug-likeness (QED) is 0.808. The molecule has 3 rings (SSSR count). The summed E-state index contributed by atoms with van der Waals surface area (Å²) in [6.07, 6.45) is 3.89. The molecule has 0 N–H and O–H groups in total. The van der Waals surface area contributed by atoms with Gasteiger partial charge in [-0.3, -0.25) is 0 Å². The minimum absolute atomic E-state index is 0.223. The van der Waals surface area contributed by atoms with Gasteiger partial charge in [-0.15, -0.1) is 0 Å². The van der Waals surface area contributed by atoms with E-state index >= 15 is 0 Å². The van der Waals surface area contributed by atoms with Crippen molar-refractivity contribution < 1.29 is 12.9 Å². The lowest BCUT2D eigenvalue weighted by Gasteiger charge is -2.09. The van der Waals surface area contributed by atoms with E-state index in [1.54, 1.807) is 0 Å². The van der Waals surface area contributed by atoms with Gasteiger partial charge in [0, 0.05) is 20.5 Å². The van der Waals surface area contributed by atoms with Gasteiger partial charge in [0.1, 0.15) is 5.75 Å². The summed E-state index contributed by atoms with van der Waals surface area (Å²) in [5.41, 5.74) is 2.85. The van der Waals surface area contributed by atoms with Gasteiger partial charge in [-0.2, -0.15) is 4.98 Å². The number of nitrogens with zero attached hydrogens (tertiary/aromatic N) is 3. The molecule has 0 amide bonds. The predicted molar refractivity (Wildman–Crippen MR) is 86.4 cm³/mol. The lowest BCUT2D eigenvalue weighted by atomic mass is 9.96. The number of rotatable bonds is 6. The van der Waals surface area contributed by atoms with Gasteiger partial charge in [-0.05, 0) is 36.3 Å². The van der Waals surface area contributed by atoms with Crippen LogP contribution in [-0.4, -0.2) is 37.0 Å². The van der Waals surface area contributed by atoms with Crippen LogP contribution in [-0.2, 0) is 28.6 Å². The Balaban J connectivity index is 1.60. The van der Waals surface area contributed by atoms with Crippen molar-refractivity contribution in [3.8, 4) is 0 Å². The van der Waals surface area contributed by atoms with E-state index in [1.807, 2.05) is 0 Å². The average molecular weight is 335 g/mol. The molecule has 0 saturated heterocycles. The van der Waals surface area contributed by atoms with E-state index in [2.05, 4.69) is 34.4 Å². The van der Waals surface area contributed by atoms with Crippen LogP contribution in [0, 0.1) is 0 Å². The third kappa shape index (κ3) is 3.61. The van der Waals surface area contributed by atoms with Crippen LogP contribution in [0.1, 0.15) is 41.6 Å². The molecule has 6 nitrogen and oxygen atoms in total. The lowest BCUT2D eigenvalue weighted by molar-refractivity contribution is 0.367. The summed E-state index contributed by atoms with van der Waals surface area (Å²) < 4.78 is 30.0. The number of sulfonamides is 1. The van der Waals surface area contributed by atoms with E-state index in [1.165, 1.54) is 29.5 Å². The number of hydrogen-bond donors (Lipinski definition) is 0. The van der Waals surface area contributed by atoms with E-state index in [9.17, 15) is 8.42 Å². The summed E-state index contributed by atoms with van der Waals surface area (Å²) in [7, 11) is -0.372. The predicted octanol–water partition coefficient (Wildman–Crippen LogP) is 2.12. The molecule has 1 atom stereocenters. The summed E-state index contributed by atoms with van der Waals surface area (Å²) in [5, 5.41) is 3.78. The number of hydrogen-bond acceptors (Lipinski definition) is 5. The standard InChI is InChI=1S/C16H21N3O3S/c1-19(2)23(20,21)11-15-17-16(22-18-15)10-9-13-8-7-12-5-3-4-6-14(12)13/h3-6,13H,7-11H2,1-2H3. The Morgan fingerprint density at radius 2 is 2.09 bits per heavy atom. The third-order valence-electron chi connectivity index (χ3n) is 4.34. The van der Waals surface area contributed by atoms with Crippen LogP contribution < -0.4 is 0 Å². The van der Waals surface area contributed by atoms with Gasteiger partial charge in [0.15, 0.2) is 5.82 Å². The topological polar surface area (TPSA) is 76.3 Å². The summed E-state index contributed by atoms with van der Waals surface area (Å²) in [5.74, 6) is 1.03. The molecule has 7 heteroatoms. The van der Waals surface area contributed by atoms with Crippen LogP contribution in [0.3, 0.4) is 0 Å². The van der Waals surface area contributed by atoms with Crippen molar-refractivity contribution in [3.05, 3.63) is 47.1 Å². The fourth-order valence-corrected chi connectivity index (χ4v) is 3.69. The maximum atomic E-state index is 11.8. The molecule has 1 unspecified atom stereocenters. The first-order valence-electron chi connectivity index (χ1n) is 7.75. The Kier molecular flexibility index (Phi) is 4.50. The highest BCUT2D eigenvalue weighted by molar-refractivity contribution is 7.88. The average Bonchev–Trinajstić information content (AvgIpc) is 3.11. The monoisotopic (exact) mass is 335 g/mol. The highest BCUT2D eigenvalue weighted by Crippen LogP contribution is 2.35. The molecule has 1 aromatic heterocycles. The molecular formula is C16H21N3O3S. The first kappa shape index (κ1) is 16.1. The SMILES string of the molecule is CN(C)S(=O)(=O)Cc1noc(CCC2CCc3ccccc32)n1. The van der Waals surface area contributed by atoms with E-state index in [0.717, 1.165) is 19.3 Å². The lowest BCUT2D eigenvalue weighted by Crippen LogP contribution is -2.24. The summed E-state index contributed by atoms with van der Waals surface area (Å²) in [4.78, 5) is 4.21. The van der Waals surface area contributed by atoms with E-state index in [0.29, 0.717) is 18.2 Å². The molecule has 124 valence electrons. The smallest absolute Gasteiger partial charge is 0.226 e. The second-order valence-electron chi connectivity index (χ2n) is 6.12. The van der Waals surface area contributed by atoms with E-state index in [-0.39, 0.29) is 11.6 Å². The highest BCUT2D eigenvalue weighted by Gasteiger charge is 2.23. The Labute approximate surface area is 136 Å². The zero-order valence-corrected chi connectivity index (χ0v) is 14.2. The zero-order chi connectivity index (χ0) is 16.4. The van der Waals surface area contributed by atoms with Crippen molar-refractivity contribution in [2.75, 3.05) is 14.1 Å². The maximum absolute atomic E-state index is 11.8. The molecule has 0 bridgehead atoms. The fourth-order valence-electron chi connectivity index (χ4n) is 2.99. The van der Waals surface area contributed by atoms with Gasteiger partial charge in [0.05, 0.1) is 0 Å². The van der Waals surface area contributed by atoms with E-state index < -0.39 is 10.0 Å². The van der Waals surface area contributed by atoms with Crippen LogP contribution in [0.4, 0.5) is 0 Å². The van der Waals surface area contributed by atoms with Crippen molar-refractivity contribution in [1.29, 1.82) is 0 Å². The zero-order valence-electron chi connectivity index (χ0n) is 13.4. The molecule has 2 aromatic rings. The minimum Gasteiger partial charge on any atom is -0.339 e. The summed E-state index contributed by atoms with van der Waals surface area (Å²) in [6.45, 7) is 0. The molecule has 0 fully saturated rings. The van der Waals surface area contributed by atoms with Gasteiger partial charge in [0.25, 0.3) is 0 Å². The molecule has 0 saturated carbocycles. The van der Waals surface area contributed by atoms with Gasteiger partial charge in [-0.1, -0.05) is 29.4 Å². The fraction of sp³-hybridized carbons (Fsp3) is 0.500. The molecule has 1 aromatic carbocycles. The number of aryl methyl sites for hydroxylation is 2.